The van der Waals surface area contributed by atoms with E-state index in [1.165, 1.54) is 12.1 Å². The van der Waals surface area contributed by atoms with Gasteiger partial charge in [-0.3, -0.25) is 4.79 Å². The number of carbonyl (C=O) groups excluding carboxylic acids is 1. The van der Waals surface area contributed by atoms with Crippen LogP contribution in [0.15, 0.2) is 34.7 Å². The SMILES string of the molecule is Cc1c(N)cccc1C(=O)NCc1ccc(C(=O)O)o1. The van der Waals surface area contributed by atoms with Crippen LogP contribution in [0.1, 0.15) is 32.2 Å². The Balaban J connectivity index is 2.05. The Kier molecular flexibility index (Phi) is 3.74. The second kappa shape index (κ2) is 5.48. The summed E-state index contributed by atoms with van der Waals surface area (Å²) in [6.07, 6.45) is 0. The Morgan fingerprint density at radius 2 is 2.05 bits per heavy atom. The number of hydrogen-bond donors (Lipinski definition) is 3. The first-order chi connectivity index (χ1) is 9.49. The van der Waals surface area contributed by atoms with Crippen molar-refractivity contribution in [3.05, 3.63) is 53.0 Å². The van der Waals surface area contributed by atoms with E-state index >= 15 is 0 Å². The monoisotopic (exact) mass is 274 g/mol. The van der Waals surface area contributed by atoms with Gasteiger partial charge in [0.05, 0.1) is 6.54 Å². The van der Waals surface area contributed by atoms with Crippen LogP contribution in [-0.2, 0) is 6.54 Å². The van der Waals surface area contributed by atoms with E-state index in [2.05, 4.69) is 5.32 Å². The molecule has 0 spiro atoms. The molecule has 0 radical (unpaired) electrons. The standard InChI is InChI=1S/C14H14N2O4/c1-8-10(3-2-4-11(8)15)13(17)16-7-9-5-6-12(20-9)14(18)19/h2-6H,7,15H2,1H3,(H,16,17)(H,18,19). The molecular weight excluding hydrogens is 260 g/mol. The summed E-state index contributed by atoms with van der Waals surface area (Å²) in [7, 11) is 0. The fourth-order valence-electron chi connectivity index (χ4n) is 1.75. The summed E-state index contributed by atoms with van der Waals surface area (Å²) in [5.74, 6) is -1.22. The molecule has 1 aromatic heterocycles. The fourth-order valence-corrected chi connectivity index (χ4v) is 1.75. The Bertz CT molecular complexity index is 661. The highest BCUT2D eigenvalue weighted by molar-refractivity contribution is 5.96. The van der Waals surface area contributed by atoms with Crippen LogP contribution >= 0.6 is 0 Å². The molecule has 2 aromatic rings. The highest BCUT2D eigenvalue weighted by atomic mass is 16.4. The lowest BCUT2D eigenvalue weighted by Crippen LogP contribution is -2.23. The van der Waals surface area contributed by atoms with Crippen LogP contribution in [0, 0.1) is 6.92 Å². The molecule has 20 heavy (non-hydrogen) atoms. The van der Waals surface area contributed by atoms with Gasteiger partial charge in [0.1, 0.15) is 5.76 Å². The number of nitrogen functional groups attached to an aromatic ring is 1. The summed E-state index contributed by atoms with van der Waals surface area (Å²) in [6, 6.07) is 7.95. The molecule has 0 saturated heterocycles. The quantitative estimate of drug-likeness (QED) is 0.737. The zero-order valence-electron chi connectivity index (χ0n) is 10.8. The number of hydrogen-bond acceptors (Lipinski definition) is 4. The van der Waals surface area contributed by atoms with Crippen LogP contribution in [0.5, 0.6) is 0 Å². The smallest absolute Gasteiger partial charge is 0.371 e. The molecule has 0 aliphatic rings. The molecule has 2 rings (SSSR count). The first kappa shape index (κ1) is 13.7. The molecule has 1 heterocycles. The summed E-state index contributed by atoms with van der Waals surface area (Å²) in [6.45, 7) is 1.88. The molecule has 0 aliphatic heterocycles. The van der Waals surface area contributed by atoms with Gasteiger partial charge in [-0.2, -0.15) is 0 Å². The van der Waals surface area contributed by atoms with Crippen molar-refractivity contribution in [2.24, 2.45) is 0 Å². The zero-order chi connectivity index (χ0) is 14.7. The number of amides is 1. The van der Waals surface area contributed by atoms with Crippen molar-refractivity contribution in [1.29, 1.82) is 0 Å². The molecule has 0 fully saturated rings. The van der Waals surface area contributed by atoms with Gasteiger partial charge in [0.2, 0.25) is 5.76 Å². The summed E-state index contributed by atoms with van der Waals surface area (Å²) in [4.78, 5) is 22.7. The average molecular weight is 274 g/mol. The van der Waals surface area contributed by atoms with E-state index in [9.17, 15) is 9.59 Å². The number of carbonyl (C=O) groups is 2. The van der Waals surface area contributed by atoms with Crippen LogP contribution in [0.4, 0.5) is 5.69 Å². The van der Waals surface area contributed by atoms with E-state index < -0.39 is 5.97 Å². The lowest BCUT2D eigenvalue weighted by molar-refractivity contribution is 0.0660. The van der Waals surface area contributed by atoms with Crippen LogP contribution in [-0.4, -0.2) is 17.0 Å². The van der Waals surface area contributed by atoms with Crippen molar-refractivity contribution in [3.63, 3.8) is 0 Å². The molecular formula is C14H14N2O4. The zero-order valence-corrected chi connectivity index (χ0v) is 10.8. The lowest BCUT2D eigenvalue weighted by Gasteiger charge is -2.08. The molecule has 1 aromatic carbocycles. The van der Waals surface area contributed by atoms with Gasteiger partial charge in [-0.25, -0.2) is 4.79 Å². The number of nitrogens with one attached hydrogen (secondary N) is 1. The molecule has 6 nitrogen and oxygen atoms in total. The maximum Gasteiger partial charge on any atom is 0.371 e. The van der Waals surface area contributed by atoms with E-state index in [0.717, 1.165) is 0 Å². The predicted octanol–water partition coefficient (Wildman–Crippen LogP) is 1.80. The Morgan fingerprint density at radius 3 is 2.70 bits per heavy atom. The van der Waals surface area contributed by atoms with E-state index in [4.69, 9.17) is 15.3 Å². The average Bonchev–Trinajstić information content (AvgIpc) is 2.88. The maximum atomic E-state index is 12.0. The van der Waals surface area contributed by atoms with Crippen molar-refractivity contribution in [2.45, 2.75) is 13.5 Å². The highest BCUT2D eigenvalue weighted by Crippen LogP contribution is 2.15. The van der Waals surface area contributed by atoms with Crippen molar-refractivity contribution >= 4 is 17.6 Å². The molecule has 0 saturated carbocycles. The third-order valence-electron chi connectivity index (χ3n) is 2.92. The third-order valence-corrected chi connectivity index (χ3v) is 2.92. The summed E-state index contributed by atoms with van der Waals surface area (Å²) in [5.41, 5.74) is 7.47. The topological polar surface area (TPSA) is 106 Å². The van der Waals surface area contributed by atoms with E-state index in [0.29, 0.717) is 22.6 Å². The first-order valence-corrected chi connectivity index (χ1v) is 5.94. The van der Waals surface area contributed by atoms with E-state index in [1.54, 1.807) is 25.1 Å². The Labute approximate surface area is 115 Å². The minimum Gasteiger partial charge on any atom is -0.475 e. The maximum absolute atomic E-state index is 12.0. The Hall–Kier alpha value is -2.76. The van der Waals surface area contributed by atoms with Gasteiger partial charge >= 0.3 is 5.97 Å². The number of carboxylic acid groups (broad SMARTS) is 1. The second-order valence-corrected chi connectivity index (χ2v) is 4.27. The summed E-state index contributed by atoms with van der Waals surface area (Å²) in [5, 5.41) is 11.4. The molecule has 0 bridgehead atoms. The van der Waals surface area contributed by atoms with Gasteiger partial charge in [-0.1, -0.05) is 6.07 Å². The summed E-state index contributed by atoms with van der Waals surface area (Å²) < 4.78 is 5.05. The van der Waals surface area contributed by atoms with Crippen molar-refractivity contribution in [3.8, 4) is 0 Å². The molecule has 0 atom stereocenters. The number of carboxylic acids is 1. The number of aromatic carboxylic acids is 1. The first-order valence-electron chi connectivity index (χ1n) is 5.94. The Morgan fingerprint density at radius 1 is 1.30 bits per heavy atom. The number of furan rings is 1. The predicted molar refractivity (Wildman–Crippen MR) is 72.4 cm³/mol. The van der Waals surface area contributed by atoms with E-state index in [-0.39, 0.29) is 18.2 Å². The number of nitrogens with two attached hydrogens (primary N) is 1. The van der Waals surface area contributed by atoms with Gasteiger partial charge in [-0.05, 0) is 36.8 Å². The van der Waals surface area contributed by atoms with Crippen molar-refractivity contribution in [1.82, 2.24) is 5.32 Å². The molecule has 1 amide bonds. The minimum atomic E-state index is -1.14. The lowest BCUT2D eigenvalue weighted by atomic mass is 10.1. The molecule has 0 unspecified atom stereocenters. The molecule has 104 valence electrons. The van der Waals surface area contributed by atoms with Crippen LogP contribution in [0.2, 0.25) is 0 Å². The van der Waals surface area contributed by atoms with Crippen molar-refractivity contribution in [2.75, 3.05) is 5.73 Å². The number of anilines is 1. The minimum absolute atomic E-state index is 0.111. The van der Waals surface area contributed by atoms with Gasteiger partial charge in [0, 0.05) is 11.3 Å². The van der Waals surface area contributed by atoms with Crippen LogP contribution in [0.25, 0.3) is 0 Å². The molecule has 0 aliphatic carbocycles. The largest absolute Gasteiger partial charge is 0.475 e. The second-order valence-electron chi connectivity index (χ2n) is 4.27. The van der Waals surface area contributed by atoms with Crippen molar-refractivity contribution < 1.29 is 19.1 Å². The number of benzene rings is 1. The van der Waals surface area contributed by atoms with Crippen LogP contribution in [0.3, 0.4) is 0 Å². The van der Waals surface area contributed by atoms with Gasteiger partial charge in [-0.15, -0.1) is 0 Å². The normalized spacial score (nSPS) is 10.2. The highest BCUT2D eigenvalue weighted by Gasteiger charge is 2.12. The summed E-state index contributed by atoms with van der Waals surface area (Å²) >= 11 is 0. The molecule has 4 N–H and O–H groups in total. The molecule has 6 heteroatoms. The third kappa shape index (κ3) is 2.80. The van der Waals surface area contributed by atoms with Gasteiger partial charge in [0.25, 0.3) is 5.91 Å². The number of rotatable bonds is 4. The van der Waals surface area contributed by atoms with Gasteiger partial charge in [0.15, 0.2) is 0 Å². The van der Waals surface area contributed by atoms with E-state index in [1.807, 2.05) is 0 Å². The fraction of sp³-hybridized carbons (Fsp3) is 0.143. The van der Waals surface area contributed by atoms with Gasteiger partial charge < -0.3 is 20.6 Å². The van der Waals surface area contributed by atoms with Crippen LogP contribution < -0.4 is 11.1 Å².